The highest BCUT2D eigenvalue weighted by molar-refractivity contribution is 6.31. The summed E-state index contributed by atoms with van der Waals surface area (Å²) in [5.41, 5.74) is -0.274. The summed E-state index contributed by atoms with van der Waals surface area (Å²) in [6.07, 6.45) is -0.308. The van der Waals surface area contributed by atoms with Crippen LogP contribution in [0.5, 0.6) is 5.75 Å². The fourth-order valence-electron chi connectivity index (χ4n) is 1.04. The van der Waals surface area contributed by atoms with Crippen LogP contribution in [0.3, 0.4) is 0 Å². The minimum atomic E-state index is -1.08. The number of hydrogen-bond donors (Lipinski definition) is 1. The lowest BCUT2D eigenvalue weighted by molar-refractivity contribution is -0.116. The molecule has 0 radical (unpaired) electrons. The number of Topliss-reactive ketones (excluding diaryl/α,β-unsaturated/α-hetero) is 1. The molecule has 0 atom stereocenters. The van der Waals surface area contributed by atoms with Gasteiger partial charge in [-0.3, -0.25) is 4.79 Å². The van der Waals surface area contributed by atoms with E-state index < -0.39 is 22.4 Å². The van der Waals surface area contributed by atoms with Crippen molar-refractivity contribution in [3.05, 3.63) is 28.3 Å². The highest BCUT2D eigenvalue weighted by Crippen LogP contribution is 2.29. The first-order chi connectivity index (χ1) is 6.43. The summed E-state index contributed by atoms with van der Waals surface area (Å²) in [5, 5.41) is 8.45. The number of halogens is 3. The fraction of sp³-hybridized carbons (Fsp3) is 0.222. The van der Waals surface area contributed by atoms with Crippen LogP contribution < -0.4 is 0 Å². The van der Waals surface area contributed by atoms with Gasteiger partial charge in [-0.1, -0.05) is 11.6 Å². The molecule has 0 aliphatic rings. The number of aromatic hydroxyl groups is 1. The molecule has 0 fully saturated rings. The topological polar surface area (TPSA) is 37.3 Å². The van der Waals surface area contributed by atoms with Crippen LogP contribution in [0.4, 0.5) is 8.78 Å². The zero-order valence-corrected chi connectivity index (χ0v) is 8.03. The summed E-state index contributed by atoms with van der Waals surface area (Å²) in [6.45, 7) is 1.23. The normalized spacial score (nSPS) is 10.3. The van der Waals surface area contributed by atoms with Gasteiger partial charge in [-0.2, -0.15) is 0 Å². The molecule has 0 aromatic heterocycles. The molecule has 14 heavy (non-hydrogen) atoms. The maximum absolute atomic E-state index is 13.2. The van der Waals surface area contributed by atoms with Crippen molar-refractivity contribution in [2.24, 2.45) is 0 Å². The highest BCUT2D eigenvalue weighted by Gasteiger charge is 2.17. The molecular weight excluding hydrogens is 214 g/mol. The maximum Gasteiger partial charge on any atom is 0.152 e. The lowest BCUT2D eigenvalue weighted by Crippen LogP contribution is -2.01. The zero-order valence-electron chi connectivity index (χ0n) is 7.27. The molecule has 0 aliphatic heterocycles. The number of phenols is 1. The van der Waals surface area contributed by atoms with Crippen LogP contribution in [0, 0.1) is 11.6 Å². The highest BCUT2D eigenvalue weighted by atomic mass is 35.5. The van der Waals surface area contributed by atoms with Crippen molar-refractivity contribution in [2.45, 2.75) is 13.3 Å². The van der Waals surface area contributed by atoms with Crippen LogP contribution in [0.15, 0.2) is 6.07 Å². The zero-order chi connectivity index (χ0) is 10.9. The molecular formula is C9H7ClF2O2. The van der Waals surface area contributed by atoms with E-state index in [0.717, 1.165) is 0 Å². The second kappa shape index (κ2) is 3.92. The number of benzene rings is 1. The maximum atomic E-state index is 13.2. The van der Waals surface area contributed by atoms with Gasteiger partial charge in [-0.25, -0.2) is 8.78 Å². The molecule has 0 spiro atoms. The SMILES string of the molecule is CC(=O)Cc1c(O)cc(F)c(Cl)c1F. The van der Waals surface area contributed by atoms with E-state index in [4.69, 9.17) is 16.7 Å². The number of rotatable bonds is 2. The molecule has 0 unspecified atom stereocenters. The average Bonchev–Trinajstić information content (AvgIpc) is 2.09. The molecule has 0 aliphatic carbocycles. The van der Waals surface area contributed by atoms with Crippen molar-refractivity contribution in [1.29, 1.82) is 0 Å². The van der Waals surface area contributed by atoms with Crippen LogP contribution in [0.25, 0.3) is 0 Å². The number of hydrogen-bond acceptors (Lipinski definition) is 2. The van der Waals surface area contributed by atoms with Gasteiger partial charge < -0.3 is 5.11 Å². The predicted octanol–water partition coefficient (Wildman–Crippen LogP) is 2.46. The molecule has 2 nitrogen and oxygen atoms in total. The van der Waals surface area contributed by atoms with E-state index in [1.165, 1.54) is 6.92 Å². The van der Waals surface area contributed by atoms with Gasteiger partial charge in [-0.05, 0) is 6.92 Å². The summed E-state index contributed by atoms with van der Waals surface area (Å²) >= 11 is 5.27. The van der Waals surface area contributed by atoms with E-state index in [-0.39, 0.29) is 17.8 Å². The van der Waals surface area contributed by atoms with Gasteiger partial charge in [0.15, 0.2) is 5.82 Å². The molecule has 0 saturated carbocycles. The predicted molar refractivity (Wildman–Crippen MR) is 47.4 cm³/mol. The van der Waals surface area contributed by atoms with E-state index in [2.05, 4.69) is 0 Å². The first kappa shape index (κ1) is 10.9. The van der Waals surface area contributed by atoms with Crippen LogP contribution in [-0.2, 0) is 11.2 Å². The molecule has 1 aromatic rings. The number of ketones is 1. The molecule has 76 valence electrons. The Bertz CT molecular complexity index is 391. The minimum Gasteiger partial charge on any atom is -0.507 e. The van der Waals surface area contributed by atoms with Gasteiger partial charge in [0.05, 0.1) is 0 Å². The molecule has 0 heterocycles. The smallest absolute Gasteiger partial charge is 0.152 e. The van der Waals surface area contributed by atoms with Gasteiger partial charge in [0, 0.05) is 18.1 Å². The third-order valence-electron chi connectivity index (χ3n) is 1.67. The molecule has 1 aromatic carbocycles. The molecule has 0 amide bonds. The van der Waals surface area contributed by atoms with Crippen molar-refractivity contribution < 1.29 is 18.7 Å². The molecule has 0 bridgehead atoms. The Kier molecular flexibility index (Phi) is 3.06. The Morgan fingerprint density at radius 2 is 2.14 bits per heavy atom. The quantitative estimate of drug-likeness (QED) is 0.778. The van der Waals surface area contributed by atoms with Crippen LogP contribution in [-0.4, -0.2) is 10.9 Å². The first-order valence-electron chi connectivity index (χ1n) is 3.78. The Hall–Kier alpha value is -1.16. The Labute approximate surface area is 84.1 Å². The van der Waals surface area contributed by atoms with E-state index in [1.54, 1.807) is 0 Å². The van der Waals surface area contributed by atoms with E-state index >= 15 is 0 Å². The van der Waals surface area contributed by atoms with Crippen molar-refractivity contribution in [3.8, 4) is 5.75 Å². The summed E-state index contributed by atoms with van der Waals surface area (Å²) < 4.78 is 25.9. The number of carbonyl (C=O) groups excluding carboxylic acids is 1. The van der Waals surface area contributed by atoms with Gasteiger partial charge in [0.1, 0.15) is 22.4 Å². The lowest BCUT2D eigenvalue weighted by atomic mass is 10.1. The first-order valence-corrected chi connectivity index (χ1v) is 4.16. The number of carbonyl (C=O) groups is 1. The largest absolute Gasteiger partial charge is 0.507 e. The van der Waals surface area contributed by atoms with Crippen molar-refractivity contribution in [2.75, 3.05) is 0 Å². The standard InChI is InChI=1S/C9H7ClF2O2/c1-4(13)2-5-7(14)3-6(11)8(10)9(5)12/h3,14H,2H2,1H3. The van der Waals surface area contributed by atoms with E-state index in [9.17, 15) is 13.6 Å². The minimum absolute atomic E-state index is 0.274. The lowest BCUT2D eigenvalue weighted by Gasteiger charge is -2.06. The van der Waals surface area contributed by atoms with Gasteiger partial charge in [0.25, 0.3) is 0 Å². The van der Waals surface area contributed by atoms with Gasteiger partial charge >= 0.3 is 0 Å². The van der Waals surface area contributed by atoms with Crippen molar-refractivity contribution in [3.63, 3.8) is 0 Å². The second-order valence-corrected chi connectivity index (χ2v) is 3.24. The molecule has 0 saturated heterocycles. The summed E-state index contributed by atoms with van der Waals surface area (Å²) in [4.78, 5) is 10.7. The average molecular weight is 221 g/mol. The molecule has 1 rings (SSSR count). The molecule has 1 N–H and O–H groups in total. The summed E-state index contributed by atoms with van der Waals surface area (Å²) in [6, 6.07) is 0.684. The fourth-order valence-corrected chi connectivity index (χ4v) is 1.21. The Morgan fingerprint density at radius 3 is 2.64 bits per heavy atom. The van der Waals surface area contributed by atoms with Crippen molar-refractivity contribution in [1.82, 2.24) is 0 Å². The third-order valence-corrected chi connectivity index (χ3v) is 2.01. The van der Waals surface area contributed by atoms with Gasteiger partial charge in [0.2, 0.25) is 0 Å². The van der Waals surface area contributed by atoms with Crippen molar-refractivity contribution >= 4 is 17.4 Å². The number of phenolic OH excluding ortho intramolecular Hbond substituents is 1. The molecule has 5 heteroatoms. The Balaban J connectivity index is 3.29. The third kappa shape index (κ3) is 2.01. The van der Waals surface area contributed by atoms with Crippen LogP contribution >= 0.6 is 11.6 Å². The van der Waals surface area contributed by atoms with Crippen LogP contribution in [0.2, 0.25) is 5.02 Å². The summed E-state index contributed by atoms with van der Waals surface area (Å²) in [5.74, 6) is -3.07. The van der Waals surface area contributed by atoms with Crippen LogP contribution in [0.1, 0.15) is 12.5 Å². The van der Waals surface area contributed by atoms with E-state index in [0.29, 0.717) is 6.07 Å². The monoisotopic (exact) mass is 220 g/mol. The summed E-state index contributed by atoms with van der Waals surface area (Å²) in [7, 11) is 0. The second-order valence-electron chi connectivity index (χ2n) is 2.86. The van der Waals surface area contributed by atoms with E-state index in [1.807, 2.05) is 0 Å². The van der Waals surface area contributed by atoms with Gasteiger partial charge in [-0.15, -0.1) is 0 Å². The Morgan fingerprint density at radius 1 is 1.57 bits per heavy atom.